The Hall–Kier alpha value is -1.10. The highest BCUT2D eigenvalue weighted by molar-refractivity contribution is 5.84. The van der Waals surface area contributed by atoms with Gasteiger partial charge in [-0.25, -0.2) is 4.79 Å². The lowest BCUT2D eigenvalue weighted by Crippen LogP contribution is -2.45. The SMILES string of the molecule is CCNCCC(=O)NC(C(=O)OC)C(C)C. The minimum absolute atomic E-state index is 0.0236. The molecule has 0 aromatic rings. The molecule has 0 rings (SSSR count). The standard InChI is InChI=1S/C11H22N2O3/c1-5-12-7-6-9(14)13-10(8(2)3)11(15)16-4/h8,10,12H,5-7H2,1-4H3,(H,13,14). The Labute approximate surface area is 96.9 Å². The smallest absolute Gasteiger partial charge is 0.328 e. The zero-order valence-corrected chi connectivity index (χ0v) is 10.5. The van der Waals surface area contributed by atoms with E-state index in [1.165, 1.54) is 7.11 Å². The van der Waals surface area contributed by atoms with Crippen molar-refractivity contribution in [1.82, 2.24) is 10.6 Å². The van der Waals surface area contributed by atoms with Crippen molar-refractivity contribution in [2.24, 2.45) is 5.92 Å². The maximum absolute atomic E-state index is 11.5. The third-order valence-electron chi connectivity index (χ3n) is 2.22. The van der Waals surface area contributed by atoms with Crippen LogP contribution >= 0.6 is 0 Å². The summed E-state index contributed by atoms with van der Waals surface area (Å²) < 4.78 is 4.63. The van der Waals surface area contributed by atoms with E-state index in [2.05, 4.69) is 15.4 Å². The Balaban J connectivity index is 4.09. The van der Waals surface area contributed by atoms with Crippen molar-refractivity contribution in [1.29, 1.82) is 0 Å². The number of hydrogen-bond donors (Lipinski definition) is 2. The van der Waals surface area contributed by atoms with Crippen LogP contribution in [0.25, 0.3) is 0 Å². The second kappa shape index (κ2) is 8.10. The quantitative estimate of drug-likeness (QED) is 0.487. The summed E-state index contributed by atoms with van der Waals surface area (Å²) in [5, 5.41) is 5.72. The van der Waals surface area contributed by atoms with Crippen LogP contribution in [0.2, 0.25) is 0 Å². The van der Waals surface area contributed by atoms with Gasteiger partial charge in [0.1, 0.15) is 6.04 Å². The second-order valence-electron chi connectivity index (χ2n) is 3.92. The first kappa shape index (κ1) is 14.9. The Morgan fingerprint density at radius 2 is 1.94 bits per heavy atom. The van der Waals surface area contributed by atoms with Crippen LogP contribution in [0, 0.1) is 5.92 Å². The predicted octanol–water partition coefficient (Wildman–Crippen LogP) is 0.300. The number of nitrogens with one attached hydrogen (secondary N) is 2. The van der Waals surface area contributed by atoms with Crippen LogP contribution in [0.4, 0.5) is 0 Å². The van der Waals surface area contributed by atoms with Crippen LogP contribution in [0.5, 0.6) is 0 Å². The van der Waals surface area contributed by atoms with E-state index in [1.54, 1.807) is 0 Å². The summed E-state index contributed by atoms with van der Waals surface area (Å²) in [7, 11) is 1.32. The molecule has 0 radical (unpaired) electrons. The molecule has 0 fully saturated rings. The van der Waals surface area contributed by atoms with Gasteiger partial charge in [-0.05, 0) is 12.5 Å². The van der Waals surface area contributed by atoms with Gasteiger partial charge >= 0.3 is 5.97 Å². The zero-order chi connectivity index (χ0) is 12.6. The maximum atomic E-state index is 11.5. The van der Waals surface area contributed by atoms with Gasteiger partial charge in [0.15, 0.2) is 0 Å². The summed E-state index contributed by atoms with van der Waals surface area (Å²) in [6.07, 6.45) is 0.369. The van der Waals surface area contributed by atoms with E-state index >= 15 is 0 Å². The summed E-state index contributed by atoms with van der Waals surface area (Å²) in [6, 6.07) is -0.556. The van der Waals surface area contributed by atoms with Crippen molar-refractivity contribution < 1.29 is 14.3 Å². The van der Waals surface area contributed by atoms with Gasteiger partial charge in [-0.3, -0.25) is 4.79 Å². The summed E-state index contributed by atoms with van der Waals surface area (Å²) in [4.78, 5) is 22.9. The highest BCUT2D eigenvalue weighted by Gasteiger charge is 2.24. The van der Waals surface area contributed by atoms with Crippen molar-refractivity contribution in [3.63, 3.8) is 0 Å². The van der Waals surface area contributed by atoms with Gasteiger partial charge in [0.2, 0.25) is 5.91 Å². The Kier molecular flexibility index (Phi) is 7.54. The second-order valence-corrected chi connectivity index (χ2v) is 3.92. The molecule has 0 heterocycles. The molecule has 0 spiro atoms. The molecular formula is C11H22N2O3. The molecule has 16 heavy (non-hydrogen) atoms. The summed E-state index contributed by atoms with van der Waals surface area (Å²) in [5.74, 6) is -0.507. The molecule has 0 aliphatic heterocycles. The van der Waals surface area contributed by atoms with Crippen LogP contribution in [-0.2, 0) is 14.3 Å². The van der Waals surface area contributed by atoms with Crippen LogP contribution in [-0.4, -0.2) is 38.1 Å². The fraction of sp³-hybridized carbons (Fsp3) is 0.818. The van der Waals surface area contributed by atoms with E-state index in [9.17, 15) is 9.59 Å². The number of esters is 1. The lowest BCUT2D eigenvalue weighted by atomic mass is 10.0. The Morgan fingerprint density at radius 3 is 2.38 bits per heavy atom. The molecule has 0 aliphatic rings. The number of methoxy groups -OCH3 is 1. The van der Waals surface area contributed by atoms with Gasteiger partial charge in [0.25, 0.3) is 0 Å². The highest BCUT2D eigenvalue weighted by Crippen LogP contribution is 2.03. The third-order valence-corrected chi connectivity index (χ3v) is 2.22. The topological polar surface area (TPSA) is 67.4 Å². The molecular weight excluding hydrogens is 208 g/mol. The van der Waals surface area contributed by atoms with Crippen LogP contribution in [0.3, 0.4) is 0 Å². The van der Waals surface area contributed by atoms with Gasteiger partial charge in [-0.1, -0.05) is 20.8 Å². The molecule has 0 bridgehead atoms. The molecule has 1 amide bonds. The van der Waals surface area contributed by atoms with Crippen LogP contribution < -0.4 is 10.6 Å². The van der Waals surface area contributed by atoms with Gasteiger partial charge in [0, 0.05) is 13.0 Å². The molecule has 5 nitrogen and oxygen atoms in total. The van der Waals surface area contributed by atoms with E-state index < -0.39 is 12.0 Å². The van der Waals surface area contributed by atoms with Gasteiger partial charge in [-0.15, -0.1) is 0 Å². The lowest BCUT2D eigenvalue weighted by molar-refractivity contribution is -0.146. The molecule has 94 valence electrons. The van der Waals surface area contributed by atoms with Crippen molar-refractivity contribution in [3.05, 3.63) is 0 Å². The van der Waals surface area contributed by atoms with E-state index in [0.29, 0.717) is 13.0 Å². The van der Waals surface area contributed by atoms with Crippen molar-refractivity contribution in [3.8, 4) is 0 Å². The molecule has 0 aromatic heterocycles. The van der Waals surface area contributed by atoms with Crippen LogP contribution in [0.1, 0.15) is 27.2 Å². The van der Waals surface area contributed by atoms with E-state index in [-0.39, 0.29) is 11.8 Å². The van der Waals surface area contributed by atoms with Gasteiger partial charge in [0.05, 0.1) is 7.11 Å². The third kappa shape index (κ3) is 5.70. The molecule has 1 atom stereocenters. The maximum Gasteiger partial charge on any atom is 0.328 e. The molecule has 0 aromatic carbocycles. The highest BCUT2D eigenvalue weighted by atomic mass is 16.5. The number of carbonyl (C=O) groups excluding carboxylic acids is 2. The normalized spacial score (nSPS) is 12.3. The van der Waals surface area contributed by atoms with Gasteiger partial charge < -0.3 is 15.4 Å². The first-order valence-corrected chi connectivity index (χ1v) is 5.60. The predicted molar refractivity (Wildman–Crippen MR) is 61.9 cm³/mol. The zero-order valence-electron chi connectivity index (χ0n) is 10.5. The Bertz CT molecular complexity index is 229. The molecule has 0 aliphatic carbocycles. The monoisotopic (exact) mass is 230 g/mol. The molecule has 2 N–H and O–H groups in total. The lowest BCUT2D eigenvalue weighted by Gasteiger charge is -2.19. The van der Waals surface area contributed by atoms with Crippen molar-refractivity contribution in [2.75, 3.05) is 20.2 Å². The number of carbonyl (C=O) groups is 2. The minimum Gasteiger partial charge on any atom is -0.467 e. The molecule has 1 unspecified atom stereocenters. The molecule has 0 saturated carbocycles. The summed E-state index contributed by atoms with van der Waals surface area (Å²) in [5.41, 5.74) is 0. The Morgan fingerprint density at radius 1 is 1.31 bits per heavy atom. The number of rotatable bonds is 7. The minimum atomic E-state index is -0.556. The van der Waals surface area contributed by atoms with Crippen LogP contribution in [0.15, 0.2) is 0 Å². The number of hydrogen-bond acceptors (Lipinski definition) is 4. The van der Waals surface area contributed by atoms with Gasteiger partial charge in [-0.2, -0.15) is 0 Å². The fourth-order valence-corrected chi connectivity index (χ4v) is 1.25. The average Bonchev–Trinajstić information content (AvgIpc) is 2.25. The average molecular weight is 230 g/mol. The molecule has 0 saturated heterocycles. The summed E-state index contributed by atoms with van der Waals surface area (Å²) >= 11 is 0. The first-order chi connectivity index (χ1) is 7.52. The van der Waals surface area contributed by atoms with E-state index in [1.807, 2.05) is 20.8 Å². The van der Waals surface area contributed by atoms with E-state index in [4.69, 9.17) is 0 Å². The first-order valence-electron chi connectivity index (χ1n) is 5.60. The fourth-order valence-electron chi connectivity index (χ4n) is 1.25. The largest absolute Gasteiger partial charge is 0.467 e. The molecule has 5 heteroatoms. The summed E-state index contributed by atoms with van der Waals surface area (Å²) in [6.45, 7) is 7.16. The number of amides is 1. The number of ether oxygens (including phenoxy) is 1. The van der Waals surface area contributed by atoms with E-state index in [0.717, 1.165) is 6.54 Å². The van der Waals surface area contributed by atoms with Crippen molar-refractivity contribution in [2.45, 2.75) is 33.2 Å². The van der Waals surface area contributed by atoms with Crippen molar-refractivity contribution >= 4 is 11.9 Å².